The minimum absolute atomic E-state index is 0.0149. The molecule has 0 saturated heterocycles. The van der Waals surface area contributed by atoms with Gasteiger partial charge in [0.05, 0.1) is 5.69 Å². The Hall–Kier alpha value is -3.49. The van der Waals surface area contributed by atoms with Crippen LogP contribution in [0.2, 0.25) is 0 Å². The summed E-state index contributed by atoms with van der Waals surface area (Å²) in [6.07, 6.45) is 0.757. The van der Waals surface area contributed by atoms with Crippen molar-refractivity contribution in [3.05, 3.63) is 65.9 Å². The minimum atomic E-state index is -4.64. The Bertz CT molecular complexity index is 1100. The molecule has 2 aromatic heterocycles. The standard InChI is InChI=1S/C21H17F3N4O2/c1-28-18(29)6-5-14-3-2-4-16(19(14)28)15-9-13(10-25-11-15)12-30-17-7-8-26-20(27-17)21(22,23)24/h2-4,7-11H,5-6,12H2,1H3. The van der Waals surface area contributed by atoms with Gasteiger partial charge in [-0.2, -0.15) is 18.2 Å². The number of fused-ring (bicyclic) bond motifs is 1. The van der Waals surface area contributed by atoms with E-state index in [9.17, 15) is 18.0 Å². The predicted molar refractivity (Wildman–Crippen MR) is 103 cm³/mol. The maximum absolute atomic E-state index is 12.8. The van der Waals surface area contributed by atoms with Crippen LogP contribution in [0, 0.1) is 0 Å². The second-order valence-corrected chi connectivity index (χ2v) is 6.85. The van der Waals surface area contributed by atoms with E-state index >= 15 is 0 Å². The van der Waals surface area contributed by atoms with Crippen LogP contribution >= 0.6 is 0 Å². The molecule has 0 atom stereocenters. The molecule has 0 N–H and O–H groups in total. The lowest BCUT2D eigenvalue weighted by molar-refractivity contribution is -0.145. The lowest BCUT2D eigenvalue weighted by atomic mass is 9.94. The van der Waals surface area contributed by atoms with Crippen LogP contribution in [0.4, 0.5) is 18.9 Å². The number of alkyl halides is 3. The Morgan fingerprint density at radius 2 is 2.00 bits per heavy atom. The molecule has 0 spiro atoms. The van der Waals surface area contributed by atoms with E-state index in [1.165, 1.54) is 6.07 Å². The molecular formula is C21H17F3N4O2. The maximum Gasteiger partial charge on any atom is 0.451 e. The zero-order valence-corrected chi connectivity index (χ0v) is 16.0. The summed E-state index contributed by atoms with van der Waals surface area (Å²) >= 11 is 0. The number of carbonyl (C=O) groups is 1. The number of nitrogens with zero attached hydrogens (tertiary/aromatic N) is 4. The molecule has 1 aromatic carbocycles. The summed E-state index contributed by atoms with van der Waals surface area (Å²) in [4.78, 5) is 24.6. The van der Waals surface area contributed by atoms with Gasteiger partial charge < -0.3 is 9.64 Å². The van der Waals surface area contributed by atoms with Gasteiger partial charge in [0.25, 0.3) is 0 Å². The van der Waals surface area contributed by atoms with E-state index in [0.717, 1.165) is 28.6 Å². The Labute approximate surface area is 170 Å². The number of para-hydroxylation sites is 1. The summed E-state index contributed by atoms with van der Waals surface area (Å²) < 4.78 is 43.7. The fourth-order valence-corrected chi connectivity index (χ4v) is 3.39. The molecule has 154 valence electrons. The van der Waals surface area contributed by atoms with Gasteiger partial charge in [-0.25, -0.2) is 4.98 Å². The molecule has 0 aliphatic carbocycles. The van der Waals surface area contributed by atoms with Gasteiger partial charge in [0.1, 0.15) is 6.61 Å². The molecule has 1 aliphatic rings. The summed E-state index contributed by atoms with van der Waals surface area (Å²) in [6, 6.07) is 8.94. The van der Waals surface area contributed by atoms with Crippen LogP contribution in [-0.2, 0) is 24.0 Å². The molecule has 4 rings (SSSR count). The van der Waals surface area contributed by atoms with E-state index in [1.54, 1.807) is 24.3 Å². The first-order valence-electron chi connectivity index (χ1n) is 9.19. The van der Waals surface area contributed by atoms with Crippen LogP contribution in [0.25, 0.3) is 11.1 Å². The van der Waals surface area contributed by atoms with Crippen LogP contribution < -0.4 is 9.64 Å². The average Bonchev–Trinajstić information content (AvgIpc) is 2.74. The Kier molecular flexibility index (Phi) is 5.11. The van der Waals surface area contributed by atoms with Gasteiger partial charge in [-0.15, -0.1) is 0 Å². The summed E-state index contributed by atoms with van der Waals surface area (Å²) in [6.45, 7) is -0.0149. The molecule has 6 nitrogen and oxygen atoms in total. The molecule has 9 heteroatoms. The predicted octanol–water partition coefficient (Wildman–Crippen LogP) is 4.05. The first-order valence-corrected chi connectivity index (χ1v) is 9.19. The van der Waals surface area contributed by atoms with Crippen molar-refractivity contribution in [1.29, 1.82) is 0 Å². The van der Waals surface area contributed by atoms with Crippen molar-refractivity contribution >= 4 is 11.6 Å². The molecule has 1 aliphatic heterocycles. The summed E-state index contributed by atoms with van der Waals surface area (Å²) in [7, 11) is 1.75. The van der Waals surface area contributed by atoms with Crippen molar-refractivity contribution in [2.24, 2.45) is 0 Å². The number of carbonyl (C=O) groups excluding carboxylic acids is 1. The second-order valence-electron chi connectivity index (χ2n) is 6.85. The third-order valence-corrected chi connectivity index (χ3v) is 4.81. The van der Waals surface area contributed by atoms with E-state index < -0.39 is 12.0 Å². The van der Waals surface area contributed by atoms with E-state index in [4.69, 9.17) is 4.74 Å². The number of aromatic nitrogens is 3. The van der Waals surface area contributed by atoms with Gasteiger partial charge in [-0.3, -0.25) is 9.78 Å². The summed E-state index contributed by atoms with van der Waals surface area (Å²) in [5.74, 6) is -1.38. The number of pyridine rings is 1. The number of hydrogen-bond acceptors (Lipinski definition) is 5. The van der Waals surface area contributed by atoms with Crippen molar-refractivity contribution < 1.29 is 22.7 Å². The van der Waals surface area contributed by atoms with Gasteiger partial charge in [0.15, 0.2) is 0 Å². The van der Waals surface area contributed by atoms with Crippen LogP contribution in [0.15, 0.2) is 48.9 Å². The SMILES string of the molecule is CN1C(=O)CCc2cccc(-c3cncc(COc4ccnc(C(F)(F)F)n4)c3)c21. The van der Waals surface area contributed by atoms with E-state index in [1.807, 2.05) is 24.3 Å². The monoisotopic (exact) mass is 414 g/mol. The normalized spacial score (nSPS) is 13.9. The third kappa shape index (κ3) is 3.96. The van der Waals surface area contributed by atoms with Gasteiger partial charge in [-0.1, -0.05) is 18.2 Å². The molecule has 0 unspecified atom stereocenters. The number of benzene rings is 1. The first-order chi connectivity index (χ1) is 14.3. The third-order valence-electron chi connectivity index (χ3n) is 4.81. The molecule has 0 radical (unpaired) electrons. The number of anilines is 1. The number of rotatable bonds is 4. The number of aryl methyl sites for hydroxylation is 1. The molecule has 1 amide bonds. The maximum atomic E-state index is 12.8. The van der Waals surface area contributed by atoms with Crippen LogP contribution in [0.3, 0.4) is 0 Å². The fraction of sp³-hybridized carbons (Fsp3) is 0.238. The second kappa shape index (κ2) is 7.74. The van der Waals surface area contributed by atoms with Crippen molar-refractivity contribution in [2.45, 2.75) is 25.6 Å². The number of amides is 1. The molecule has 0 saturated carbocycles. The number of hydrogen-bond donors (Lipinski definition) is 0. The molecular weight excluding hydrogens is 397 g/mol. The van der Waals surface area contributed by atoms with Crippen molar-refractivity contribution in [1.82, 2.24) is 15.0 Å². The quantitative estimate of drug-likeness (QED) is 0.645. The van der Waals surface area contributed by atoms with Crippen LogP contribution in [0.5, 0.6) is 5.88 Å². The molecule has 3 heterocycles. The lowest BCUT2D eigenvalue weighted by Crippen LogP contribution is -2.31. The first kappa shape index (κ1) is 19.8. The number of halogens is 3. The van der Waals surface area contributed by atoms with Gasteiger partial charge >= 0.3 is 6.18 Å². The summed E-state index contributed by atoms with van der Waals surface area (Å²) in [5, 5.41) is 0. The van der Waals surface area contributed by atoms with Gasteiger partial charge in [-0.05, 0) is 18.1 Å². The van der Waals surface area contributed by atoms with E-state index in [-0.39, 0.29) is 18.4 Å². The highest BCUT2D eigenvalue weighted by Crippen LogP contribution is 2.37. The highest BCUT2D eigenvalue weighted by molar-refractivity contribution is 6.00. The fourth-order valence-electron chi connectivity index (χ4n) is 3.39. The van der Waals surface area contributed by atoms with Gasteiger partial charge in [0, 0.05) is 54.8 Å². The van der Waals surface area contributed by atoms with E-state index in [2.05, 4.69) is 15.0 Å². The van der Waals surface area contributed by atoms with E-state index in [0.29, 0.717) is 18.4 Å². The lowest BCUT2D eigenvalue weighted by Gasteiger charge is -2.28. The molecule has 3 aromatic rings. The topological polar surface area (TPSA) is 68.2 Å². The molecule has 0 fully saturated rings. The zero-order valence-electron chi connectivity index (χ0n) is 16.0. The Morgan fingerprint density at radius 1 is 1.17 bits per heavy atom. The van der Waals surface area contributed by atoms with Gasteiger partial charge in [0.2, 0.25) is 17.6 Å². The molecule has 30 heavy (non-hydrogen) atoms. The smallest absolute Gasteiger partial charge is 0.451 e. The Balaban J connectivity index is 1.59. The van der Waals surface area contributed by atoms with Crippen molar-refractivity contribution in [3.8, 4) is 17.0 Å². The highest BCUT2D eigenvalue weighted by atomic mass is 19.4. The van der Waals surface area contributed by atoms with Crippen LogP contribution in [0.1, 0.15) is 23.4 Å². The average molecular weight is 414 g/mol. The van der Waals surface area contributed by atoms with Crippen molar-refractivity contribution in [3.63, 3.8) is 0 Å². The minimum Gasteiger partial charge on any atom is -0.473 e. The highest BCUT2D eigenvalue weighted by Gasteiger charge is 2.34. The largest absolute Gasteiger partial charge is 0.473 e. The van der Waals surface area contributed by atoms with Crippen molar-refractivity contribution in [2.75, 3.05) is 11.9 Å². The zero-order chi connectivity index (χ0) is 21.3. The molecule has 0 bridgehead atoms. The van der Waals surface area contributed by atoms with Crippen LogP contribution in [-0.4, -0.2) is 27.9 Å². The number of ether oxygens (including phenoxy) is 1. The summed E-state index contributed by atoms with van der Waals surface area (Å²) in [5.41, 5.74) is 4.23. The Morgan fingerprint density at radius 3 is 2.80 bits per heavy atom.